The van der Waals surface area contributed by atoms with Crippen LogP contribution in [0.3, 0.4) is 0 Å². The second-order valence-corrected chi connectivity index (χ2v) is 6.11. The number of hydrogen-bond donors (Lipinski definition) is 2. The monoisotopic (exact) mass is 256 g/mol. The normalized spacial score (nSPS) is 11.2. The molecule has 0 saturated heterocycles. The highest BCUT2D eigenvalue weighted by atomic mass is 32.2. The predicted molar refractivity (Wildman–Crippen MR) is 68.2 cm³/mol. The number of anilines is 1. The van der Waals surface area contributed by atoms with E-state index in [1.54, 1.807) is 30.1 Å². The van der Waals surface area contributed by atoms with Crippen molar-refractivity contribution in [2.45, 2.75) is 0 Å². The summed E-state index contributed by atoms with van der Waals surface area (Å²) in [6.45, 7) is 0.354. The molecular formula is C10H16N4O2S. The zero-order valence-corrected chi connectivity index (χ0v) is 10.7. The second-order valence-electron chi connectivity index (χ2n) is 3.85. The van der Waals surface area contributed by atoms with Crippen molar-refractivity contribution < 1.29 is 8.42 Å². The van der Waals surface area contributed by atoms with Crippen LogP contribution in [0, 0.1) is 5.41 Å². The minimum absolute atomic E-state index is 0.0650. The Morgan fingerprint density at radius 2 is 2.18 bits per heavy atom. The number of nitrogens with two attached hydrogens (primary N) is 1. The van der Waals surface area contributed by atoms with E-state index in [4.69, 9.17) is 11.1 Å². The van der Waals surface area contributed by atoms with Crippen molar-refractivity contribution in [3.63, 3.8) is 0 Å². The average molecular weight is 256 g/mol. The third-order valence-electron chi connectivity index (χ3n) is 2.20. The molecule has 0 aromatic carbocycles. The molecular weight excluding hydrogens is 240 g/mol. The molecule has 0 unspecified atom stereocenters. The lowest BCUT2D eigenvalue weighted by Gasteiger charge is -2.17. The Bertz CT molecular complexity index is 513. The van der Waals surface area contributed by atoms with Crippen LogP contribution in [0.1, 0.15) is 5.69 Å². The first-order valence-electron chi connectivity index (χ1n) is 5.00. The van der Waals surface area contributed by atoms with Crippen LogP contribution in [0.2, 0.25) is 0 Å². The summed E-state index contributed by atoms with van der Waals surface area (Å²) >= 11 is 0. The molecule has 1 rings (SSSR count). The molecule has 0 spiro atoms. The van der Waals surface area contributed by atoms with Crippen molar-refractivity contribution >= 4 is 21.5 Å². The van der Waals surface area contributed by atoms with Crippen molar-refractivity contribution in [3.8, 4) is 0 Å². The van der Waals surface area contributed by atoms with Crippen LogP contribution in [0.15, 0.2) is 18.2 Å². The number of aromatic nitrogens is 1. The van der Waals surface area contributed by atoms with Gasteiger partial charge >= 0.3 is 0 Å². The molecule has 0 radical (unpaired) electrons. The van der Waals surface area contributed by atoms with Gasteiger partial charge in [0.15, 0.2) is 0 Å². The van der Waals surface area contributed by atoms with Crippen LogP contribution in [-0.2, 0) is 9.84 Å². The zero-order valence-electron chi connectivity index (χ0n) is 9.84. The Kier molecular flexibility index (Phi) is 4.06. The molecule has 1 aromatic rings. The smallest absolute Gasteiger partial charge is 0.149 e. The van der Waals surface area contributed by atoms with E-state index in [2.05, 4.69) is 4.98 Å². The molecule has 1 heterocycles. The van der Waals surface area contributed by atoms with Crippen LogP contribution in [0.5, 0.6) is 0 Å². The van der Waals surface area contributed by atoms with Gasteiger partial charge in [-0.25, -0.2) is 13.4 Å². The van der Waals surface area contributed by atoms with Gasteiger partial charge in [0, 0.05) is 19.8 Å². The van der Waals surface area contributed by atoms with E-state index in [0.29, 0.717) is 18.1 Å². The second kappa shape index (κ2) is 5.13. The number of hydrogen-bond acceptors (Lipinski definition) is 5. The van der Waals surface area contributed by atoms with Crippen LogP contribution in [-0.4, -0.2) is 44.8 Å². The number of nitrogens with one attached hydrogen (secondary N) is 1. The third-order valence-corrected chi connectivity index (χ3v) is 3.12. The van der Waals surface area contributed by atoms with Gasteiger partial charge in [-0.15, -0.1) is 0 Å². The molecule has 17 heavy (non-hydrogen) atoms. The van der Waals surface area contributed by atoms with Gasteiger partial charge in [-0.1, -0.05) is 6.07 Å². The van der Waals surface area contributed by atoms with Gasteiger partial charge in [-0.05, 0) is 12.1 Å². The van der Waals surface area contributed by atoms with E-state index in [9.17, 15) is 8.42 Å². The van der Waals surface area contributed by atoms with Gasteiger partial charge in [0.2, 0.25) is 0 Å². The molecule has 0 amide bonds. The molecule has 0 saturated carbocycles. The minimum atomic E-state index is -2.99. The number of rotatable bonds is 5. The lowest BCUT2D eigenvalue weighted by molar-refractivity contribution is 0.601. The zero-order chi connectivity index (χ0) is 13.1. The maximum atomic E-state index is 11.0. The Morgan fingerprint density at radius 1 is 1.53 bits per heavy atom. The van der Waals surface area contributed by atoms with Crippen LogP contribution < -0.4 is 10.6 Å². The average Bonchev–Trinajstić information content (AvgIpc) is 2.25. The Labute approximate surface area is 101 Å². The summed E-state index contributed by atoms with van der Waals surface area (Å²) in [5, 5.41) is 7.28. The molecule has 0 aliphatic heterocycles. The number of nitrogen functional groups attached to an aromatic ring is 1. The van der Waals surface area contributed by atoms with Gasteiger partial charge in [0.1, 0.15) is 27.2 Å². The molecule has 94 valence electrons. The number of nitrogens with zero attached hydrogens (tertiary/aromatic N) is 2. The highest BCUT2D eigenvalue weighted by Gasteiger charge is 2.08. The number of amidine groups is 1. The summed E-state index contributed by atoms with van der Waals surface area (Å²) in [6, 6.07) is 5.11. The highest BCUT2D eigenvalue weighted by Crippen LogP contribution is 2.09. The fraction of sp³-hybridized carbons (Fsp3) is 0.400. The summed E-state index contributed by atoms with van der Waals surface area (Å²) in [4.78, 5) is 5.87. The summed E-state index contributed by atoms with van der Waals surface area (Å²) in [5.74, 6) is 0.555. The topological polar surface area (TPSA) is 100 Å². The maximum absolute atomic E-state index is 11.0. The quantitative estimate of drug-likeness (QED) is 0.563. The van der Waals surface area contributed by atoms with Gasteiger partial charge < -0.3 is 10.6 Å². The molecule has 0 bridgehead atoms. The fourth-order valence-electron chi connectivity index (χ4n) is 1.20. The van der Waals surface area contributed by atoms with Crippen molar-refractivity contribution in [3.05, 3.63) is 23.9 Å². The predicted octanol–water partition coefficient (Wildman–Crippen LogP) is -0.154. The van der Waals surface area contributed by atoms with Gasteiger partial charge in [-0.2, -0.15) is 0 Å². The molecule has 0 fully saturated rings. The van der Waals surface area contributed by atoms with E-state index >= 15 is 0 Å². The van der Waals surface area contributed by atoms with Crippen LogP contribution in [0.25, 0.3) is 0 Å². The molecule has 6 nitrogen and oxygen atoms in total. The molecule has 0 atom stereocenters. The van der Waals surface area contributed by atoms with Crippen LogP contribution >= 0.6 is 0 Å². The fourth-order valence-corrected chi connectivity index (χ4v) is 1.81. The van der Waals surface area contributed by atoms with Crippen LogP contribution in [0.4, 0.5) is 5.82 Å². The van der Waals surface area contributed by atoms with E-state index in [0.717, 1.165) is 0 Å². The Balaban J connectivity index is 2.79. The number of pyridine rings is 1. The lowest BCUT2D eigenvalue weighted by atomic mass is 10.3. The van der Waals surface area contributed by atoms with E-state index in [1.807, 2.05) is 0 Å². The minimum Gasteiger partial charge on any atom is -0.382 e. The molecule has 0 aliphatic carbocycles. The van der Waals surface area contributed by atoms with Gasteiger partial charge in [0.25, 0.3) is 0 Å². The first-order chi connectivity index (χ1) is 7.79. The molecule has 7 heteroatoms. The summed E-state index contributed by atoms with van der Waals surface area (Å²) in [5.41, 5.74) is 5.72. The molecule has 3 N–H and O–H groups in total. The highest BCUT2D eigenvalue weighted by molar-refractivity contribution is 7.90. The van der Waals surface area contributed by atoms with Gasteiger partial charge in [-0.3, -0.25) is 5.41 Å². The largest absolute Gasteiger partial charge is 0.382 e. The SMILES string of the molecule is CN(CCS(C)(=O)=O)c1cccc(C(=N)N)n1. The molecule has 1 aromatic heterocycles. The van der Waals surface area contributed by atoms with E-state index in [-0.39, 0.29) is 11.6 Å². The van der Waals surface area contributed by atoms with Gasteiger partial charge in [0.05, 0.1) is 5.75 Å². The maximum Gasteiger partial charge on any atom is 0.149 e. The summed E-state index contributed by atoms with van der Waals surface area (Å²) < 4.78 is 22.1. The Morgan fingerprint density at radius 3 is 2.71 bits per heavy atom. The van der Waals surface area contributed by atoms with E-state index in [1.165, 1.54) is 6.26 Å². The van der Waals surface area contributed by atoms with E-state index < -0.39 is 9.84 Å². The van der Waals surface area contributed by atoms with Crippen molar-refractivity contribution in [1.29, 1.82) is 5.41 Å². The molecule has 0 aliphatic rings. The Hall–Kier alpha value is -1.63. The summed E-state index contributed by atoms with van der Waals surface area (Å²) in [7, 11) is -1.24. The van der Waals surface area contributed by atoms with Crippen molar-refractivity contribution in [1.82, 2.24) is 4.98 Å². The third kappa shape index (κ3) is 4.39. The first-order valence-corrected chi connectivity index (χ1v) is 7.06. The summed E-state index contributed by atoms with van der Waals surface area (Å²) in [6.07, 6.45) is 1.19. The number of sulfone groups is 1. The first kappa shape index (κ1) is 13.4. The lowest BCUT2D eigenvalue weighted by Crippen LogP contribution is -2.26. The van der Waals surface area contributed by atoms with Crippen molar-refractivity contribution in [2.24, 2.45) is 5.73 Å². The standard InChI is InChI=1S/C10H16N4O2S/c1-14(6-7-17(2,15)16)9-5-3-4-8(13-9)10(11)12/h3-5H,6-7H2,1-2H3,(H3,11,12). The van der Waals surface area contributed by atoms with Crippen molar-refractivity contribution in [2.75, 3.05) is 30.5 Å².